The van der Waals surface area contributed by atoms with Gasteiger partial charge in [-0.3, -0.25) is 0 Å². The number of fused-ring (bicyclic) bond motifs is 1. The van der Waals surface area contributed by atoms with Crippen LogP contribution in [0.25, 0.3) is 0 Å². The molecule has 1 aromatic heterocycles. The minimum Gasteiger partial charge on any atom is -0.486 e. The van der Waals surface area contributed by atoms with Crippen LogP contribution in [0.3, 0.4) is 0 Å². The number of nitrogens with one attached hydrogen (secondary N) is 1. The van der Waals surface area contributed by atoms with Crippen LogP contribution >= 0.6 is 0 Å². The van der Waals surface area contributed by atoms with Crippen LogP contribution in [0.2, 0.25) is 0 Å². The fourth-order valence-corrected chi connectivity index (χ4v) is 2.11. The van der Waals surface area contributed by atoms with Gasteiger partial charge in [-0.15, -0.1) is 0 Å². The molecule has 2 aromatic rings. The van der Waals surface area contributed by atoms with E-state index in [4.69, 9.17) is 9.47 Å². The molecule has 0 radical (unpaired) electrons. The van der Waals surface area contributed by atoms with Crippen molar-refractivity contribution < 1.29 is 9.47 Å². The quantitative estimate of drug-likeness (QED) is 0.910. The van der Waals surface area contributed by atoms with E-state index in [1.54, 1.807) is 0 Å². The Morgan fingerprint density at radius 2 is 2.11 bits per heavy atom. The molecule has 5 nitrogen and oxygen atoms in total. The van der Waals surface area contributed by atoms with Gasteiger partial charge in [0.25, 0.3) is 0 Å². The molecule has 0 spiro atoms. The number of hydrogen-bond donors (Lipinski definition) is 1. The third-order valence-corrected chi connectivity index (χ3v) is 3.14. The second kappa shape index (κ2) is 5.22. The third-order valence-electron chi connectivity index (χ3n) is 3.14. The van der Waals surface area contributed by atoms with Gasteiger partial charge in [0.1, 0.15) is 19.0 Å². The summed E-state index contributed by atoms with van der Waals surface area (Å²) in [4.78, 5) is 4.30. The van der Waals surface area contributed by atoms with Gasteiger partial charge in [-0.05, 0) is 12.1 Å². The fraction of sp³-hybridized carbons (Fsp3) is 0.357. The van der Waals surface area contributed by atoms with Gasteiger partial charge in [0.05, 0.1) is 0 Å². The molecule has 0 saturated carbocycles. The summed E-state index contributed by atoms with van der Waals surface area (Å²) in [5, 5.41) is 3.37. The Morgan fingerprint density at radius 1 is 1.26 bits per heavy atom. The zero-order chi connectivity index (χ0) is 13.1. The van der Waals surface area contributed by atoms with Crippen molar-refractivity contribution in [3.63, 3.8) is 0 Å². The predicted molar refractivity (Wildman–Crippen MR) is 72.8 cm³/mol. The number of benzene rings is 1. The van der Waals surface area contributed by atoms with Gasteiger partial charge in [0, 0.05) is 44.2 Å². The Kier molecular flexibility index (Phi) is 3.27. The van der Waals surface area contributed by atoms with Gasteiger partial charge >= 0.3 is 0 Å². The molecule has 0 amide bonds. The van der Waals surface area contributed by atoms with E-state index in [1.165, 1.54) is 0 Å². The summed E-state index contributed by atoms with van der Waals surface area (Å²) in [6, 6.07) is 5.93. The van der Waals surface area contributed by atoms with Crippen molar-refractivity contribution in [2.75, 3.05) is 25.1 Å². The smallest absolute Gasteiger partial charge is 0.163 e. The maximum absolute atomic E-state index is 5.55. The molecule has 19 heavy (non-hydrogen) atoms. The molecular weight excluding hydrogens is 242 g/mol. The Morgan fingerprint density at radius 3 is 2.89 bits per heavy atom. The van der Waals surface area contributed by atoms with E-state index in [1.807, 2.05) is 42.2 Å². The SMILES string of the molecule is Cn1ccnc1CCNc1ccc2c(c1)OCCO2. The first kappa shape index (κ1) is 11.9. The highest BCUT2D eigenvalue weighted by Crippen LogP contribution is 2.32. The summed E-state index contributed by atoms with van der Waals surface area (Å²) in [5.74, 6) is 2.71. The monoisotopic (exact) mass is 259 g/mol. The molecule has 5 heteroatoms. The first-order valence-corrected chi connectivity index (χ1v) is 6.42. The molecule has 1 aromatic carbocycles. The number of hydrogen-bond acceptors (Lipinski definition) is 4. The summed E-state index contributed by atoms with van der Waals surface area (Å²) >= 11 is 0. The number of nitrogens with zero attached hydrogens (tertiary/aromatic N) is 2. The number of anilines is 1. The molecule has 1 aliphatic rings. The molecular formula is C14H17N3O2. The number of rotatable bonds is 4. The topological polar surface area (TPSA) is 48.3 Å². The summed E-state index contributed by atoms with van der Waals surface area (Å²) in [7, 11) is 2.01. The molecule has 0 atom stereocenters. The van der Waals surface area contributed by atoms with Crippen LogP contribution in [0, 0.1) is 0 Å². The summed E-state index contributed by atoms with van der Waals surface area (Å²) in [6.07, 6.45) is 4.66. The van der Waals surface area contributed by atoms with Crippen LogP contribution < -0.4 is 14.8 Å². The molecule has 0 bridgehead atoms. The van der Waals surface area contributed by atoms with Crippen molar-refractivity contribution in [1.82, 2.24) is 9.55 Å². The van der Waals surface area contributed by atoms with Gasteiger partial charge in [-0.1, -0.05) is 0 Å². The van der Waals surface area contributed by atoms with Crippen molar-refractivity contribution >= 4 is 5.69 Å². The van der Waals surface area contributed by atoms with Crippen molar-refractivity contribution in [2.45, 2.75) is 6.42 Å². The van der Waals surface area contributed by atoms with Crippen LogP contribution in [0.5, 0.6) is 11.5 Å². The Balaban J connectivity index is 1.59. The Hall–Kier alpha value is -2.17. The first-order valence-electron chi connectivity index (χ1n) is 6.42. The summed E-state index contributed by atoms with van der Waals surface area (Å²) in [5.41, 5.74) is 1.04. The minimum absolute atomic E-state index is 0.615. The maximum atomic E-state index is 5.55. The van der Waals surface area contributed by atoms with Crippen LogP contribution in [0.15, 0.2) is 30.6 Å². The summed E-state index contributed by atoms with van der Waals surface area (Å²) in [6.45, 7) is 2.08. The second-order valence-electron chi connectivity index (χ2n) is 4.49. The van der Waals surface area contributed by atoms with Gasteiger partial charge < -0.3 is 19.4 Å². The predicted octanol–water partition coefficient (Wildman–Crippen LogP) is 1.85. The third kappa shape index (κ3) is 2.65. The maximum Gasteiger partial charge on any atom is 0.163 e. The van der Waals surface area contributed by atoms with E-state index >= 15 is 0 Å². The van der Waals surface area contributed by atoms with E-state index in [-0.39, 0.29) is 0 Å². The normalized spacial score (nSPS) is 13.3. The lowest BCUT2D eigenvalue weighted by Crippen LogP contribution is -2.15. The number of aryl methyl sites for hydroxylation is 1. The highest BCUT2D eigenvalue weighted by atomic mass is 16.6. The Bertz CT molecular complexity index is 566. The second-order valence-corrected chi connectivity index (χ2v) is 4.49. The fourth-order valence-electron chi connectivity index (χ4n) is 2.11. The largest absolute Gasteiger partial charge is 0.486 e. The van der Waals surface area contributed by atoms with Crippen molar-refractivity contribution in [2.24, 2.45) is 7.05 Å². The average molecular weight is 259 g/mol. The van der Waals surface area contributed by atoms with Crippen molar-refractivity contribution in [3.05, 3.63) is 36.4 Å². The van der Waals surface area contributed by atoms with Gasteiger partial charge in [-0.2, -0.15) is 0 Å². The molecule has 2 heterocycles. The van der Waals surface area contributed by atoms with Crippen molar-refractivity contribution in [3.8, 4) is 11.5 Å². The molecule has 100 valence electrons. The van der Waals surface area contributed by atoms with Crippen LogP contribution in [0.4, 0.5) is 5.69 Å². The lowest BCUT2D eigenvalue weighted by atomic mass is 10.2. The molecule has 0 aliphatic carbocycles. The number of imidazole rings is 1. The van der Waals surface area contributed by atoms with Gasteiger partial charge in [-0.25, -0.2) is 4.98 Å². The van der Waals surface area contributed by atoms with E-state index in [0.717, 1.165) is 36.0 Å². The highest BCUT2D eigenvalue weighted by molar-refractivity contribution is 5.55. The lowest BCUT2D eigenvalue weighted by molar-refractivity contribution is 0.171. The van der Waals surface area contributed by atoms with E-state index < -0.39 is 0 Å². The van der Waals surface area contributed by atoms with Gasteiger partial charge in [0.2, 0.25) is 0 Å². The van der Waals surface area contributed by atoms with Gasteiger partial charge in [0.15, 0.2) is 11.5 Å². The van der Waals surface area contributed by atoms with Crippen molar-refractivity contribution in [1.29, 1.82) is 0 Å². The van der Waals surface area contributed by atoms with Crippen LogP contribution in [0.1, 0.15) is 5.82 Å². The molecule has 1 N–H and O–H groups in total. The molecule has 3 rings (SSSR count). The molecule has 0 unspecified atom stereocenters. The van der Waals surface area contributed by atoms with E-state index in [0.29, 0.717) is 13.2 Å². The molecule has 0 fully saturated rings. The standard InChI is InChI=1S/C14H17N3O2/c1-17-7-6-16-14(17)4-5-15-11-2-3-12-13(10-11)19-9-8-18-12/h2-3,6-7,10,15H,4-5,8-9H2,1H3. The summed E-state index contributed by atoms with van der Waals surface area (Å²) < 4.78 is 13.1. The minimum atomic E-state index is 0.615. The lowest BCUT2D eigenvalue weighted by Gasteiger charge is -2.19. The highest BCUT2D eigenvalue weighted by Gasteiger charge is 2.11. The first-order chi connectivity index (χ1) is 9.33. The zero-order valence-corrected chi connectivity index (χ0v) is 10.9. The Labute approximate surface area is 112 Å². The molecule has 0 saturated heterocycles. The van der Waals surface area contributed by atoms with E-state index in [9.17, 15) is 0 Å². The van der Waals surface area contributed by atoms with E-state index in [2.05, 4.69) is 10.3 Å². The van der Waals surface area contributed by atoms with Crippen LogP contribution in [-0.4, -0.2) is 29.3 Å². The average Bonchev–Trinajstić information content (AvgIpc) is 2.84. The number of aromatic nitrogens is 2. The number of ether oxygens (including phenoxy) is 2. The zero-order valence-electron chi connectivity index (χ0n) is 10.9. The molecule has 1 aliphatic heterocycles. The van der Waals surface area contributed by atoms with Crippen LogP contribution in [-0.2, 0) is 13.5 Å².